The lowest BCUT2D eigenvalue weighted by molar-refractivity contribution is -0.0556. The van der Waals surface area contributed by atoms with Gasteiger partial charge in [-0.1, -0.05) is 30.3 Å². The smallest absolute Gasteiger partial charge is 0.285 e. The van der Waals surface area contributed by atoms with Gasteiger partial charge in [-0.25, -0.2) is 0 Å². The first kappa shape index (κ1) is 14.0. The van der Waals surface area contributed by atoms with Crippen molar-refractivity contribution in [2.24, 2.45) is 11.8 Å². The maximum absolute atomic E-state index is 14.5. The molecule has 0 aliphatic carbocycles. The fraction of sp³-hybridized carbons (Fsp3) is 0.625. The van der Waals surface area contributed by atoms with Crippen LogP contribution in [-0.2, 0) is 5.92 Å². The van der Waals surface area contributed by atoms with Crippen molar-refractivity contribution >= 4 is 0 Å². The summed E-state index contributed by atoms with van der Waals surface area (Å²) in [6, 6.07) is 8.17. The Hall–Kier alpha value is -1.00. The van der Waals surface area contributed by atoms with Crippen molar-refractivity contribution in [3.8, 4) is 0 Å². The van der Waals surface area contributed by atoms with Gasteiger partial charge in [0.1, 0.15) is 0 Å². The number of hydrogen-bond acceptors (Lipinski definition) is 2. The summed E-state index contributed by atoms with van der Waals surface area (Å²) in [5.41, 5.74) is -0.0437. The van der Waals surface area contributed by atoms with E-state index >= 15 is 0 Å². The second-order valence-electron chi connectivity index (χ2n) is 6.63. The maximum atomic E-state index is 14.5. The summed E-state index contributed by atoms with van der Waals surface area (Å²) in [5.74, 6) is -1.80. The summed E-state index contributed by atoms with van der Waals surface area (Å²) >= 11 is 0. The third-order valence-corrected chi connectivity index (χ3v) is 5.10. The minimum absolute atomic E-state index is 0.117. The predicted molar refractivity (Wildman–Crippen MR) is 75.8 cm³/mol. The minimum atomic E-state index is -2.79. The van der Waals surface area contributed by atoms with Crippen molar-refractivity contribution in [2.75, 3.05) is 26.2 Å². The van der Waals surface area contributed by atoms with Crippen LogP contribution in [0.4, 0.5) is 8.78 Å². The van der Waals surface area contributed by atoms with Gasteiger partial charge in [-0.3, -0.25) is 4.90 Å². The van der Waals surface area contributed by atoms with Crippen molar-refractivity contribution in [1.82, 2.24) is 10.2 Å². The van der Waals surface area contributed by atoms with Gasteiger partial charge in [0.15, 0.2) is 0 Å². The van der Waals surface area contributed by atoms with E-state index in [4.69, 9.17) is 0 Å². The van der Waals surface area contributed by atoms with E-state index < -0.39 is 5.92 Å². The Kier molecular flexibility index (Phi) is 3.33. The van der Waals surface area contributed by atoms with Gasteiger partial charge in [0, 0.05) is 24.2 Å². The zero-order valence-corrected chi connectivity index (χ0v) is 12.1. The largest absolute Gasteiger partial charge is 0.316 e. The molecule has 2 nitrogen and oxygen atoms in total. The van der Waals surface area contributed by atoms with Crippen LogP contribution in [0.15, 0.2) is 30.3 Å². The van der Waals surface area contributed by atoms with E-state index in [2.05, 4.69) is 19.2 Å². The lowest BCUT2D eigenvalue weighted by atomic mass is 9.84. The van der Waals surface area contributed by atoms with Crippen molar-refractivity contribution < 1.29 is 8.78 Å². The number of rotatable bonds is 3. The molecular formula is C16H22F2N2. The first-order valence-corrected chi connectivity index (χ1v) is 7.30. The first-order chi connectivity index (χ1) is 9.41. The van der Waals surface area contributed by atoms with Crippen LogP contribution in [0.5, 0.6) is 0 Å². The summed E-state index contributed by atoms with van der Waals surface area (Å²) in [5, 5.41) is 3.38. The number of fused-ring (bicyclic) bond motifs is 1. The van der Waals surface area contributed by atoms with Crippen LogP contribution in [0.25, 0.3) is 0 Å². The molecule has 2 aliphatic heterocycles. The molecule has 0 spiro atoms. The van der Waals surface area contributed by atoms with E-state index in [1.807, 2.05) is 4.90 Å². The summed E-state index contributed by atoms with van der Waals surface area (Å²) < 4.78 is 28.9. The lowest BCUT2D eigenvalue weighted by Crippen LogP contribution is -2.48. The number of hydrogen-bond donors (Lipinski definition) is 1. The molecule has 0 saturated carbocycles. The Bertz CT molecular complexity index is 473. The Morgan fingerprint density at radius 2 is 1.95 bits per heavy atom. The van der Waals surface area contributed by atoms with Crippen molar-refractivity contribution in [3.63, 3.8) is 0 Å². The Labute approximate surface area is 119 Å². The number of halogens is 2. The molecule has 20 heavy (non-hydrogen) atoms. The lowest BCUT2D eigenvalue weighted by Gasteiger charge is -2.37. The molecule has 0 aromatic heterocycles. The van der Waals surface area contributed by atoms with E-state index in [1.54, 1.807) is 18.2 Å². The highest BCUT2D eigenvalue weighted by molar-refractivity contribution is 5.21. The molecule has 0 amide bonds. The van der Waals surface area contributed by atoms with Gasteiger partial charge in [0.2, 0.25) is 0 Å². The normalized spacial score (nSPS) is 29.6. The molecule has 1 N–H and O–H groups in total. The van der Waals surface area contributed by atoms with Crippen LogP contribution in [0.1, 0.15) is 19.4 Å². The van der Waals surface area contributed by atoms with Gasteiger partial charge in [0.25, 0.3) is 5.92 Å². The molecule has 0 bridgehead atoms. The Morgan fingerprint density at radius 3 is 2.60 bits per heavy atom. The molecule has 2 atom stereocenters. The van der Waals surface area contributed by atoms with E-state index in [0.717, 1.165) is 19.6 Å². The molecule has 3 rings (SSSR count). The summed E-state index contributed by atoms with van der Waals surface area (Å²) in [4.78, 5) is 1.98. The zero-order chi connectivity index (χ0) is 14.4. The van der Waals surface area contributed by atoms with Crippen LogP contribution < -0.4 is 5.32 Å². The first-order valence-electron chi connectivity index (χ1n) is 7.30. The maximum Gasteiger partial charge on any atom is 0.285 e. The van der Waals surface area contributed by atoms with Gasteiger partial charge in [-0.2, -0.15) is 8.78 Å². The van der Waals surface area contributed by atoms with Gasteiger partial charge < -0.3 is 5.32 Å². The molecule has 2 heterocycles. The Morgan fingerprint density at radius 1 is 1.25 bits per heavy atom. The minimum Gasteiger partial charge on any atom is -0.316 e. The second kappa shape index (κ2) is 4.78. The second-order valence-corrected chi connectivity index (χ2v) is 6.63. The number of nitrogens with one attached hydrogen (secondary N) is 1. The van der Waals surface area contributed by atoms with Gasteiger partial charge >= 0.3 is 0 Å². The molecule has 110 valence electrons. The van der Waals surface area contributed by atoms with Crippen molar-refractivity contribution in [3.05, 3.63) is 35.9 Å². The number of nitrogens with zero attached hydrogens (tertiary/aromatic N) is 1. The number of benzene rings is 1. The van der Waals surface area contributed by atoms with Crippen LogP contribution in [0.2, 0.25) is 0 Å². The third-order valence-electron chi connectivity index (χ3n) is 5.10. The SMILES string of the molecule is CC1(C)C2CNCC2CN1CC(F)(F)c1ccccc1. The van der Waals surface area contributed by atoms with Crippen LogP contribution in [-0.4, -0.2) is 36.6 Å². The molecule has 2 saturated heterocycles. The van der Waals surface area contributed by atoms with E-state index in [-0.39, 0.29) is 17.6 Å². The van der Waals surface area contributed by atoms with E-state index in [9.17, 15) is 8.78 Å². The zero-order valence-electron chi connectivity index (χ0n) is 12.1. The van der Waals surface area contributed by atoms with Crippen molar-refractivity contribution in [2.45, 2.75) is 25.3 Å². The average Bonchev–Trinajstić information content (AvgIpc) is 2.95. The van der Waals surface area contributed by atoms with Crippen LogP contribution in [0, 0.1) is 11.8 Å². The summed E-state index contributed by atoms with van der Waals surface area (Å²) in [6.07, 6.45) is 0. The quantitative estimate of drug-likeness (QED) is 0.916. The molecule has 1 aromatic rings. The summed E-state index contributed by atoms with van der Waals surface area (Å²) in [7, 11) is 0. The molecule has 4 heteroatoms. The highest BCUT2D eigenvalue weighted by Gasteiger charge is 2.51. The molecule has 2 unspecified atom stereocenters. The van der Waals surface area contributed by atoms with E-state index in [1.165, 1.54) is 12.1 Å². The van der Waals surface area contributed by atoms with Crippen molar-refractivity contribution in [1.29, 1.82) is 0 Å². The monoisotopic (exact) mass is 280 g/mol. The standard InChI is InChI=1S/C16H22F2N2/c1-15(2)14-9-19-8-12(14)10-20(15)11-16(17,18)13-6-4-3-5-7-13/h3-7,12,14,19H,8-11H2,1-2H3. The van der Waals surface area contributed by atoms with Gasteiger partial charge in [-0.05, 0) is 32.2 Å². The number of likely N-dealkylation sites (tertiary alicyclic amines) is 1. The molecule has 2 fully saturated rings. The molecule has 2 aliphatic rings. The average molecular weight is 280 g/mol. The predicted octanol–water partition coefficient (Wildman–Crippen LogP) is 2.71. The third kappa shape index (κ3) is 2.25. The Balaban J connectivity index is 1.78. The van der Waals surface area contributed by atoms with Gasteiger partial charge in [-0.15, -0.1) is 0 Å². The molecule has 1 aromatic carbocycles. The topological polar surface area (TPSA) is 15.3 Å². The molecular weight excluding hydrogens is 258 g/mol. The van der Waals surface area contributed by atoms with Gasteiger partial charge in [0.05, 0.1) is 6.54 Å². The van der Waals surface area contributed by atoms with Crippen LogP contribution in [0.3, 0.4) is 0 Å². The highest BCUT2D eigenvalue weighted by atomic mass is 19.3. The van der Waals surface area contributed by atoms with E-state index in [0.29, 0.717) is 11.8 Å². The van der Waals surface area contributed by atoms with Crippen LogP contribution >= 0.6 is 0 Å². The number of alkyl halides is 2. The molecule has 0 radical (unpaired) electrons. The fourth-order valence-corrected chi connectivity index (χ4v) is 3.79. The fourth-order valence-electron chi connectivity index (χ4n) is 3.79. The summed E-state index contributed by atoms with van der Waals surface area (Å²) in [6.45, 7) is 6.70. The highest BCUT2D eigenvalue weighted by Crippen LogP contribution is 2.43.